The summed E-state index contributed by atoms with van der Waals surface area (Å²) in [5.41, 5.74) is 7.97. The molecule has 1 aromatic rings. The molecule has 2 rings (SSSR count). The van der Waals surface area contributed by atoms with Crippen molar-refractivity contribution in [2.45, 2.75) is 38.7 Å². The van der Waals surface area contributed by atoms with Gasteiger partial charge in [-0.25, -0.2) is 8.42 Å². The van der Waals surface area contributed by atoms with Crippen LogP contribution in [0.4, 0.5) is 5.69 Å². The van der Waals surface area contributed by atoms with E-state index in [4.69, 9.17) is 10.5 Å². The van der Waals surface area contributed by atoms with Gasteiger partial charge < -0.3 is 10.5 Å². The fraction of sp³-hybridized carbons (Fsp3) is 0.688. The molecule has 0 aromatic carbocycles. The molecule has 22 heavy (non-hydrogen) atoms. The fourth-order valence-electron chi connectivity index (χ4n) is 3.53. The van der Waals surface area contributed by atoms with Crippen LogP contribution in [0.15, 0.2) is 18.5 Å². The third-order valence-electron chi connectivity index (χ3n) is 4.53. The molecule has 4 atom stereocenters. The van der Waals surface area contributed by atoms with E-state index < -0.39 is 9.84 Å². The van der Waals surface area contributed by atoms with Gasteiger partial charge in [-0.15, -0.1) is 0 Å². The zero-order valence-corrected chi connectivity index (χ0v) is 14.3. The highest BCUT2D eigenvalue weighted by molar-refractivity contribution is 7.90. The number of nitrogens with zero attached hydrogens (tertiary/aromatic N) is 1. The highest BCUT2D eigenvalue weighted by Crippen LogP contribution is 2.42. The zero-order valence-electron chi connectivity index (χ0n) is 13.5. The summed E-state index contributed by atoms with van der Waals surface area (Å²) in [6.07, 6.45) is 6.85. The van der Waals surface area contributed by atoms with E-state index in [1.54, 1.807) is 12.4 Å². The summed E-state index contributed by atoms with van der Waals surface area (Å²) >= 11 is 0. The summed E-state index contributed by atoms with van der Waals surface area (Å²) in [7, 11) is -2.97. The molecule has 2 N–H and O–H groups in total. The van der Waals surface area contributed by atoms with Crippen LogP contribution in [0.3, 0.4) is 0 Å². The molecule has 1 aromatic heterocycles. The first-order valence-electron chi connectivity index (χ1n) is 7.76. The van der Waals surface area contributed by atoms with Gasteiger partial charge in [-0.2, -0.15) is 0 Å². The van der Waals surface area contributed by atoms with Gasteiger partial charge in [0.25, 0.3) is 0 Å². The van der Waals surface area contributed by atoms with Crippen LogP contribution in [0.25, 0.3) is 0 Å². The summed E-state index contributed by atoms with van der Waals surface area (Å²) in [5.74, 6) is 1.26. The minimum Gasteiger partial charge on any atom is -0.397 e. The first-order valence-corrected chi connectivity index (χ1v) is 9.82. The Morgan fingerprint density at radius 1 is 1.32 bits per heavy atom. The Hall–Kier alpha value is -1.14. The summed E-state index contributed by atoms with van der Waals surface area (Å²) in [5, 5.41) is 0. The maximum absolute atomic E-state index is 11.2. The molecule has 0 radical (unpaired) electrons. The van der Waals surface area contributed by atoms with Crippen molar-refractivity contribution in [2.75, 3.05) is 24.3 Å². The van der Waals surface area contributed by atoms with Gasteiger partial charge in [0.1, 0.15) is 9.84 Å². The van der Waals surface area contributed by atoms with Gasteiger partial charge in [0.15, 0.2) is 0 Å². The number of nitrogens with two attached hydrogens (primary N) is 1. The molecule has 0 aliphatic heterocycles. The SMILES string of the molecule is C[C@@H]1CC(c2ccncc2N)C[C@H](C)C1OCCS(C)(=O)=O. The van der Waals surface area contributed by atoms with E-state index in [0.717, 1.165) is 18.5 Å². The van der Waals surface area contributed by atoms with Crippen LogP contribution in [0.2, 0.25) is 0 Å². The maximum atomic E-state index is 11.2. The van der Waals surface area contributed by atoms with Crippen LogP contribution in [-0.2, 0) is 14.6 Å². The second kappa shape index (κ2) is 6.96. The van der Waals surface area contributed by atoms with Gasteiger partial charge in [-0.1, -0.05) is 13.8 Å². The van der Waals surface area contributed by atoms with Crippen molar-refractivity contribution in [3.8, 4) is 0 Å². The Morgan fingerprint density at radius 2 is 1.95 bits per heavy atom. The van der Waals surface area contributed by atoms with E-state index >= 15 is 0 Å². The summed E-state index contributed by atoms with van der Waals surface area (Å²) in [6, 6.07) is 2.00. The third-order valence-corrected chi connectivity index (χ3v) is 5.43. The highest BCUT2D eigenvalue weighted by Gasteiger charge is 2.35. The molecular weight excluding hydrogens is 300 g/mol. The Morgan fingerprint density at radius 3 is 2.50 bits per heavy atom. The lowest BCUT2D eigenvalue weighted by molar-refractivity contribution is -0.0360. The van der Waals surface area contributed by atoms with Crippen LogP contribution >= 0.6 is 0 Å². The second-order valence-corrected chi connectivity index (χ2v) is 8.85. The predicted octanol–water partition coefficient (Wildman–Crippen LogP) is 2.24. The molecule has 1 fully saturated rings. The largest absolute Gasteiger partial charge is 0.397 e. The number of ether oxygens (including phenoxy) is 1. The number of rotatable bonds is 5. The first kappa shape index (κ1) is 17.2. The zero-order chi connectivity index (χ0) is 16.3. The van der Waals surface area contributed by atoms with E-state index in [1.165, 1.54) is 11.8 Å². The van der Waals surface area contributed by atoms with Crippen molar-refractivity contribution in [1.29, 1.82) is 0 Å². The molecule has 1 saturated carbocycles. The first-order chi connectivity index (χ1) is 10.3. The maximum Gasteiger partial charge on any atom is 0.149 e. The number of nitrogen functional groups attached to an aromatic ring is 1. The van der Waals surface area contributed by atoms with Crippen LogP contribution in [-0.4, -0.2) is 38.1 Å². The molecule has 5 nitrogen and oxygen atoms in total. The average Bonchev–Trinajstić information content (AvgIpc) is 2.41. The van der Waals surface area contributed by atoms with Gasteiger partial charge >= 0.3 is 0 Å². The minimum absolute atomic E-state index is 0.0870. The van der Waals surface area contributed by atoms with Gasteiger partial charge in [0.05, 0.1) is 30.3 Å². The molecule has 1 heterocycles. The van der Waals surface area contributed by atoms with Gasteiger partial charge in [-0.3, -0.25) is 4.98 Å². The van der Waals surface area contributed by atoms with E-state index in [0.29, 0.717) is 17.8 Å². The van der Waals surface area contributed by atoms with Crippen molar-refractivity contribution in [2.24, 2.45) is 11.8 Å². The molecule has 1 aliphatic rings. The monoisotopic (exact) mass is 326 g/mol. The topological polar surface area (TPSA) is 82.3 Å². The number of pyridine rings is 1. The second-order valence-electron chi connectivity index (χ2n) is 6.59. The smallest absolute Gasteiger partial charge is 0.149 e. The summed E-state index contributed by atoms with van der Waals surface area (Å²) < 4.78 is 28.3. The Bertz CT molecular complexity index is 591. The van der Waals surface area contributed by atoms with Crippen LogP contribution in [0.1, 0.15) is 38.2 Å². The lowest BCUT2D eigenvalue weighted by Gasteiger charge is -2.39. The quantitative estimate of drug-likeness (QED) is 0.897. The van der Waals surface area contributed by atoms with Crippen molar-refractivity contribution in [1.82, 2.24) is 4.98 Å². The minimum atomic E-state index is -2.97. The van der Waals surface area contributed by atoms with Crippen molar-refractivity contribution < 1.29 is 13.2 Å². The van der Waals surface area contributed by atoms with Crippen LogP contribution in [0.5, 0.6) is 0 Å². The lowest BCUT2D eigenvalue weighted by Crippen LogP contribution is -2.37. The standard InChI is InChI=1S/C16H26N2O3S/c1-11-8-13(14-4-5-18-10-15(14)17)9-12(2)16(11)21-6-7-22(3,19)20/h4-5,10-13,16H,6-9,17H2,1-3H3/t11-,12+,13?,16?. The van der Waals surface area contributed by atoms with Crippen molar-refractivity contribution in [3.63, 3.8) is 0 Å². The number of hydrogen-bond acceptors (Lipinski definition) is 5. The van der Waals surface area contributed by atoms with E-state index in [-0.39, 0.29) is 18.5 Å². The average molecular weight is 326 g/mol. The molecule has 124 valence electrons. The predicted molar refractivity (Wildman–Crippen MR) is 88.4 cm³/mol. The molecule has 0 saturated heterocycles. The van der Waals surface area contributed by atoms with Gasteiger partial charge in [0.2, 0.25) is 0 Å². The number of hydrogen-bond donors (Lipinski definition) is 1. The van der Waals surface area contributed by atoms with Gasteiger partial charge in [-0.05, 0) is 42.2 Å². The van der Waals surface area contributed by atoms with E-state index in [9.17, 15) is 8.42 Å². The molecule has 0 bridgehead atoms. The normalized spacial score (nSPS) is 29.4. The van der Waals surface area contributed by atoms with Crippen LogP contribution in [0, 0.1) is 11.8 Å². The summed E-state index contributed by atoms with van der Waals surface area (Å²) in [6.45, 7) is 4.62. The van der Waals surface area contributed by atoms with Crippen molar-refractivity contribution >= 4 is 15.5 Å². The van der Waals surface area contributed by atoms with Crippen LogP contribution < -0.4 is 5.73 Å². The van der Waals surface area contributed by atoms with Gasteiger partial charge in [0, 0.05) is 12.5 Å². The molecular formula is C16H26N2O3S. The number of anilines is 1. The molecule has 1 aliphatic carbocycles. The summed E-state index contributed by atoms with van der Waals surface area (Å²) in [4.78, 5) is 4.05. The molecule has 2 unspecified atom stereocenters. The lowest BCUT2D eigenvalue weighted by atomic mass is 9.72. The molecule has 0 spiro atoms. The Kier molecular flexibility index (Phi) is 5.45. The van der Waals surface area contributed by atoms with E-state index in [2.05, 4.69) is 18.8 Å². The molecule has 6 heteroatoms. The van der Waals surface area contributed by atoms with E-state index in [1.807, 2.05) is 6.07 Å². The molecule has 0 amide bonds. The third kappa shape index (κ3) is 4.43. The Labute approximate surface area is 133 Å². The fourth-order valence-corrected chi connectivity index (χ4v) is 3.93. The number of sulfone groups is 1. The number of aromatic nitrogens is 1. The Balaban J connectivity index is 1.98. The highest BCUT2D eigenvalue weighted by atomic mass is 32.2. The van der Waals surface area contributed by atoms with Crippen molar-refractivity contribution in [3.05, 3.63) is 24.0 Å².